The number of anilines is 2. The molecule has 1 heterocycles. The van der Waals surface area contributed by atoms with Gasteiger partial charge in [-0.15, -0.1) is 11.3 Å². The van der Waals surface area contributed by atoms with Crippen LogP contribution in [0.2, 0.25) is 0 Å². The van der Waals surface area contributed by atoms with Crippen molar-refractivity contribution in [2.75, 3.05) is 18.2 Å². The van der Waals surface area contributed by atoms with E-state index in [1.165, 1.54) is 30.1 Å². The maximum absolute atomic E-state index is 13.0. The number of nitrogens with two attached hydrogens (primary N) is 1. The van der Waals surface area contributed by atoms with Gasteiger partial charge in [-0.1, -0.05) is 37.3 Å². The Balaban J connectivity index is 1.61. The minimum Gasteiger partial charge on any atom is -0.465 e. The highest BCUT2D eigenvalue weighted by atomic mass is 32.1. The Labute approximate surface area is 195 Å². The molecule has 1 aliphatic rings. The first-order chi connectivity index (χ1) is 15.9. The van der Waals surface area contributed by atoms with E-state index in [1.807, 2.05) is 18.2 Å². The monoisotopic (exact) mass is 464 g/mol. The van der Waals surface area contributed by atoms with Crippen molar-refractivity contribution in [3.8, 4) is 10.4 Å². The lowest BCUT2D eigenvalue weighted by molar-refractivity contribution is -0.124. The Kier molecular flexibility index (Phi) is 6.46. The summed E-state index contributed by atoms with van der Waals surface area (Å²) in [4.78, 5) is 39.1. The SMILES string of the molecule is CCC(OC(=O)c1cccc(N)c1)C(=O)Nc1sc2c(c1C(=O)OC)CCc1ccccc1-2. The number of ether oxygens (including phenoxy) is 2. The standard InChI is InChI=1S/C25H24N2O5S/c1-3-19(32-24(29)15-8-6-9-16(26)13-15)22(28)27-23-20(25(30)31-2)18-12-11-14-7-4-5-10-17(14)21(18)33-23/h4-10,13,19H,3,11-12,26H2,1-2H3,(H,27,28). The molecule has 0 saturated heterocycles. The summed E-state index contributed by atoms with van der Waals surface area (Å²) in [7, 11) is 1.32. The van der Waals surface area contributed by atoms with Crippen molar-refractivity contribution in [1.82, 2.24) is 0 Å². The van der Waals surface area contributed by atoms with Crippen molar-refractivity contribution in [1.29, 1.82) is 0 Å². The molecule has 0 aliphatic heterocycles. The van der Waals surface area contributed by atoms with Crippen LogP contribution >= 0.6 is 11.3 Å². The number of thiophene rings is 1. The minimum atomic E-state index is -1.03. The van der Waals surface area contributed by atoms with Crippen LogP contribution < -0.4 is 11.1 Å². The molecule has 4 rings (SSSR count). The van der Waals surface area contributed by atoms with Crippen LogP contribution in [0.15, 0.2) is 48.5 Å². The van der Waals surface area contributed by atoms with Crippen molar-refractivity contribution in [3.63, 3.8) is 0 Å². The van der Waals surface area contributed by atoms with Gasteiger partial charge in [0.05, 0.1) is 18.2 Å². The number of esters is 2. The number of carbonyl (C=O) groups excluding carboxylic acids is 3. The molecule has 0 spiro atoms. The fourth-order valence-corrected chi connectivity index (χ4v) is 5.23. The number of amides is 1. The zero-order chi connectivity index (χ0) is 23.5. The Morgan fingerprint density at radius 2 is 1.88 bits per heavy atom. The normalized spacial score (nSPS) is 12.8. The lowest BCUT2D eigenvalue weighted by Crippen LogP contribution is -2.32. The summed E-state index contributed by atoms with van der Waals surface area (Å²) in [6.45, 7) is 1.74. The lowest BCUT2D eigenvalue weighted by atomic mass is 9.89. The van der Waals surface area contributed by atoms with Gasteiger partial charge in [-0.25, -0.2) is 9.59 Å². The number of carbonyl (C=O) groups is 3. The van der Waals surface area contributed by atoms with Gasteiger partial charge in [0.15, 0.2) is 6.10 Å². The quantitative estimate of drug-likeness (QED) is 0.412. The largest absolute Gasteiger partial charge is 0.465 e. The number of nitrogen functional groups attached to an aromatic ring is 1. The van der Waals surface area contributed by atoms with E-state index in [1.54, 1.807) is 25.1 Å². The summed E-state index contributed by atoms with van der Waals surface area (Å²) in [5.41, 5.74) is 9.89. The molecule has 33 heavy (non-hydrogen) atoms. The molecule has 3 aromatic rings. The van der Waals surface area contributed by atoms with Gasteiger partial charge in [-0.3, -0.25) is 4.79 Å². The summed E-state index contributed by atoms with van der Waals surface area (Å²) in [6, 6.07) is 14.4. The molecule has 8 heteroatoms. The molecule has 0 fully saturated rings. The Bertz CT molecular complexity index is 1230. The van der Waals surface area contributed by atoms with Crippen LogP contribution in [-0.2, 0) is 27.1 Å². The Morgan fingerprint density at radius 1 is 1.09 bits per heavy atom. The average molecular weight is 465 g/mol. The second kappa shape index (κ2) is 9.46. The van der Waals surface area contributed by atoms with Crippen molar-refractivity contribution in [3.05, 3.63) is 70.8 Å². The van der Waals surface area contributed by atoms with Crippen LogP contribution in [0.4, 0.5) is 10.7 Å². The zero-order valence-corrected chi connectivity index (χ0v) is 19.2. The molecule has 7 nitrogen and oxygen atoms in total. The molecule has 0 bridgehead atoms. The number of hydrogen-bond acceptors (Lipinski definition) is 7. The highest BCUT2D eigenvalue weighted by molar-refractivity contribution is 7.20. The van der Waals surface area contributed by atoms with E-state index in [2.05, 4.69) is 11.4 Å². The van der Waals surface area contributed by atoms with Crippen molar-refractivity contribution in [2.24, 2.45) is 0 Å². The first kappa shape index (κ1) is 22.5. The highest BCUT2D eigenvalue weighted by Crippen LogP contribution is 2.45. The van der Waals surface area contributed by atoms with E-state index < -0.39 is 23.9 Å². The third-order valence-electron chi connectivity index (χ3n) is 5.57. The number of rotatable bonds is 6. The third kappa shape index (κ3) is 4.47. The number of aryl methyl sites for hydroxylation is 1. The van der Waals surface area contributed by atoms with Gasteiger partial charge in [-0.2, -0.15) is 0 Å². The van der Waals surface area contributed by atoms with Crippen molar-refractivity contribution >= 4 is 39.9 Å². The Morgan fingerprint density at radius 3 is 2.61 bits per heavy atom. The maximum Gasteiger partial charge on any atom is 0.341 e. The minimum absolute atomic E-state index is 0.264. The predicted octanol–water partition coefficient (Wildman–Crippen LogP) is 4.46. The molecular weight excluding hydrogens is 440 g/mol. The molecule has 2 aromatic carbocycles. The van der Waals surface area contributed by atoms with E-state index >= 15 is 0 Å². The fraction of sp³-hybridized carbons (Fsp3) is 0.240. The number of hydrogen-bond donors (Lipinski definition) is 2. The van der Waals surface area contributed by atoms with Gasteiger partial charge in [0.1, 0.15) is 5.00 Å². The summed E-state index contributed by atoms with van der Waals surface area (Å²) in [5, 5.41) is 3.21. The molecular formula is C25H24N2O5S. The topological polar surface area (TPSA) is 108 Å². The molecule has 0 radical (unpaired) electrons. The van der Waals surface area contributed by atoms with Crippen molar-refractivity contribution in [2.45, 2.75) is 32.3 Å². The predicted molar refractivity (Wildman–Crippen MR) is 127 cm³/mol. The lowest BCUT2D eigenvalue weighted by Gasteiger charge is -2.17. The first-order valence-electron chi connectivity index (χ1n) is 10.6. The molecule has 3 N–H and O–H groups in total. The van der Waals surface area contributed by atoms with Gasteiger partial charge in [0.25, 0.3) is 5.91 Å². The van der Waals surface area contributed by atoms with Crippen LogP contribution in [0.3, 0.4) is 0 Å². The van der Waals surface area contributed by atoms with Crippen LogP contribution in [0.25, 0.3) is 10.4 Å². The maximum atomic E-state index is 13.0. The summed E-state index contributed by atoms with van der Waals surface area (Å²) >= 11 is 1.33. The highest BCUT2D eigenvalue weighted by Gasteiger charge is 2.31. The van der Waals surface area contributed by atoms with Gasteiger partial charge >= 0.3 is 11.9 Å². The average Bonchev–Trinajstić information content (AvgIpc) is 3.20. The van der Waals surface area contributed by atoms with E-state index in [0.717, 1.165) is 22.4 Å². The number of methoxy groups -OCH3 is 1. The summed E-state index contributed by atoms with van der Waals surface area (Å²) in [6.07, 6.45) is 0.703. The van der Waals surface area contributed by atoms with E-state index in [0.29, 0.717) is 22.7 Å². The smallest absolute Gasteiger partial charge is 0.341 e. The van der Waals surface area contributed by atoms with Crippen LogP contribution in [0.1, 0.15) is 45.2 Å². The van der Waals surface area contributed by atoms with E-state index in [4.69, 9.17) is 15.2 Å². The molecule has 1 atom stereocenters. The van der Waals surface area contributed by atoms with Crippen molar-refractivity contribution < 1.29 is 23.9 Å². The van der Waals surface area contributed by atoms with E-state index in [9.17, 15) is 14.4 Å². The second-order valence-corrected chi connectivity index (χ2v) is 8.70. The third-order valence-corrected chi connectivity index (χ3v) is 6.76. The van der Waals surface area contributed by atoms with Gasteiger partial charge in [-0.05, 0) is 54.2 Å². The molecule has 0 saturated carbocycles. The van der Waals surface area contributed by atoms with E-state index in [-0.39, 0.29) is 12.0 Å². The van der Waals surface area contributed by atoms with Gasteiger partial charge in [0, 0.05) is 10.6 Å². The molecule has 1 unspecified atom stereocenters. The first-order valence-corrected chi connectivity index (χ1v) is 11.4. The number of fused-ring (bicyclic) bond motifs is 3. The number of nitrogens with one attached hydrogen (secondary N) is 1. The number of benzene rings is 2. The van der Waals surface area contributed by atoms with Gasteiger partial charge < -0.3 is 20.5 Å². The molecule has 1 amide bonds. The molecule has 1 aliphatic carbocycles. The fourth-order valence-electron chi connectivity index (χ4n) is 3.92. The van der Waals surface area contributed by atoms with Crippen LogP contribution in [0, 0.1) is 0 Å². The molecule has 170 valence electrons. The second-order valence-electron chi connectivity index (χ2n) is 7.68. The summed E-state index contributed by atoms with van der Waals surface area (Å²) in [5.74, 6) is -1.66. The van der Waals surface area contributed by atoms with Crippen LogP contribution in [0.5, 0.6) is 0 Å². The molecule has 1 aromatic heterocycles. The Hall–Kier alpha value is -3.65. The van der Waals surface area contributed by atoms with Crippen LogP contribution in [-0.4, -0.2) is 31.1 Å². The van der Waals surface area contributed by atoms with Gasteiger partial charge in [0.2, 0.25) is 0 Å². The summed E-state index contributed by atoms with van der Waals surface area (Å²) < 4.78 is 10.5. The zero-order valence-electron chi connectivity index (χ0n) is 18.3.